The molecule has 0 amide bonds. The van der Waals surface area contributed by atoms with Gasteiger partial charge in [0, 0.05) is 12.1 Å². The first-order valence-electron chi connectivity index (χ1n) is 13.8. The summed E-state index contributed by atoms with van der Waals surface area (Å²) in [6, 6.07) is 24.5. The fraction of sp³-hybridized carbons (Fsp3) is 0.387. The van der Waals surface area contributed by atoms with Crippen LogP contribution in [-0.4, -0.2) is 24.1 Å². The number of hydrogen-bond donors (Lipinski definition) is 0. The summed E-state index contributed by atoms with van der Waals surface area (Å²) in [5.41, 5.74) is 6.44. The van der Waals surface area contributed by atoms with Crippen molar-refractivity contribution >= 4 is 22.1 Å². The van der Waals surface area contributed by atoms with E-state index in [-0.39, 0.29) is 43.4 Å². The average molecular weight is 597 g/mol. The fourth-order valence-corrected chi connectivity index (χ4v) is 6.55. The molecule has 0 atom stereocenters. The van der Waals surface area contributed by atoms with E-state index in [0.29, 0.717) is 12.1 Å². The molecule has 0 aliphatic heterocycles. The van der Waals surface area contributed by atoms with E-state index in [1.165, 1.54) is 75.2 Å². The zero-order valence-corrected chi connectivity index (χ0v) is 24.9. The number of rotatable bonds is 4. The number of imidazole rings is 2. The topological polar surface area (TPSA) is 48.5 Å². The van der Waals surface area contributed by atoms with Crippen LogP contribution in [0.25, 0.3) is 45.1 Å². The van der Waals surface area contributed by atoms with Gasteiger partial charge in [0.25, 0.3) is 0 Å². The second-order valence-electron chi connectivity index (χ2n) is 10.6. The van der Waals surface area contributed by atoms with Crippen LogP contribution in [0.2, 0.25) is 0 Å². The molecule has 2 aliphatic rings. The molecule has 3 aromatic heterocycles. The van der Waals surface area contributed by atoms with E-state index in [2.05, 4.69) is 75.9 Å². The molecule has 8 heteroatoms. The van der Waals surface area contributed by atoms with Crippen LogP contribution in [0.5, 0.6) is 0 Å². The van der Waals surface area contributed by atoms with Crippen LogP contribution in [-0.2, 0) is 18.6 Å². The van der Waals surface area contributed by atoms with Crippen molar-refractivity contribution in [3.63, 3.8) is 0 Å². The minimum Gasteiger partial charge on any atom is -1.00 e. The van der Waals surface area contributed by atoms with E-state index in [9.17, 15) is 0 Å². The second-order valence-corrected chi connectivity index (χ2v) is 10.6. The van der Waals surface area contributed by atoms with Gasteiger partial charge in [-0.25, -0.2) is 15.0 Å². The van der Waals surface area contributed by atoms with E-state index in [1.807, 2.05) is 0 Å². The van der Waals surface area contributed by atoms with Crippen molar-refractivity contribution in [1.29, 1.82) is 0 Å². The number of halogens is 2. The van der Waals surface area contributed by atoms with Gasteiger partial charge in [0.2, 0.25) is 0 Å². The molecule has 0 unspecified atom stereocenters. The SMILES string of the molecule is [Cl-].[Cl-].[V+2].c1cc(-c2nc3ccccc3n2C2CCCCC2)nc(-c2nc3ccccc3n2C2CCCCC2)c1. The minimum absolute atomic E-state index is 0. The second kappa shape index (κ2) is 12.9. The standard InChI is InChI=1S/C31H33N5.2ClH.V/c1-3-12-22(13-4-1)35-28-20-9-7-16-24(28)33-30(35)26-18-11-19-27(32-26)31-34-25-17-8-10-21-29(25)36(31)23-14-5-2-6-15-23;;;/h7-11,16-23H,1-6,12-15H2;2*1H;/q;;;+2/p-2. The third-order valence-electron chi connectivity index (χ3n) is 8.28. The van der Waals surface area contributed by atoms with Crippen molar-refractivity contribution in [2.75, 3.05) is 0 Å². The molecule has 0 N–H and O–H groups in total. The Morgan fingerprint density at radius 3 is 1.33 bits per heavy atom. The molecule has 201 valence electrons. The van der Waals surface area contributed by atoms with Gasteiger partial charge in [-0.15, -0.1) is 0 Å². The maximum absolute atomic E-state index is 5.25. The number of fused-ring (bicyclic) bond motifs is 2. The molecule has 5 nitrogen and oxygen atoms in total. The minimum atomic E-state index is 0. The molecule has 0 saturated heterocycles. The van der Waals surface area contributed by atoms with Crippen molar-refractivity contribution in [3.05, 3.63) is 66.7 Å². The van der Waals surface area contributed by atoms with Gasteiger partial charge in [-0.1, -0.05) is 68.9 Å². The van der Waals surface area contributed by atoms with Crippen LogP contribution in [0, 0.1) is 0 Å². The summed E-state index contributed by atoms with van der Waals surface area (Å²) in [6.07, 6.45) is 12.7. The van der Waals surface area contributed by atoms with Gasteiger partial charge >= 0.3 is 18.6 Å². The van der Waals surface area contributed by atoms with Crippen LogP contribution >= 0.6 is 0 Å². The Morgan fingerprint density at radius 2 is 0.897 bits per heavy atom. The van der Waals surface area contributed by atoms with Gasteiger partial charge in [-0.05, 0) is 62.1 Å². The molecule has 3 heterocycles. The van der Waals surface area contributed by atoms with Gasteiger partial charge in [0.15, 0.2) is 11.6 Å². The fourth-order valence-electron chi connectivity index (χ4n) is 6.55. The summed E-state index contributed by atoms with van der Waals surface area (Å²) in [5, 5.41) is 0. The van der Waals surface area contributed by atoms with Crippen LogP contribution in [0.4, 0.5) is 0 Å². The first kappa shape index (κ1) is 29.7. The molecule has 0 spiro atoms. The first-order valence-corrected chi connectivity index (χ1v) is 13.8. The molecule has 2 fully saturated rings. The molecular weight excluding hydrogens is 564 g/mol. The Balaban J connectivity index is 0.00000118. The maximum atomic E-state index is 5.25. The zero-order valence-electron chi connectivity index (χ0n) is 22.0. The van der Waals surface area contributed by atoms with Crippen LogP contribution < -0.4 is 24.8 Å². The predicted octanol–water partition coefficient (Wildman–Crippen LogP) is 2.13. The van der Waals surface area contributed by atoms with E-state index in [4.69, 9.17) is 15.0 Å². The van der Waals surface area contributed by atoms with Crippen molar-refractivity contribution in [3.8, 4) is 23.0 Å². The Kier molecular flexibility index (Phi) is 9.82. The maximum Gasteiger partial charge on any atom is 2.00 e. The molecule has 2 aromatic carbocycles. The normalized spacial score (nSPS) is 16.4. The predicted molar refractivity (Wildman–Crippen MR) is 146 cm³/mol. The van der Waals surface area contributed by atoms with Crippen LogP contribution in [0.15, 0.2) is 66.7 Å². The van der Waals surface area contributed by atoms with Gasteiger partial charge in [0.05, 0.1) is 22.1 Å². The molecule has 2 aliphatic carbocycles. The van der Waals surface area contributed by atoms with Crippen molar-refractivity contribution in [1.82, 2.24) is 24.1 Å². The van der Waals surface area contributed by atoms with Crippen LogP contribution in [0.1, 0.15) is 76.3 Å². The Hall–Kier alpha value is -2.31. The number of nitrogens with zero attached hydrogens (tertiary/aromatic N) is 5. The van der Waals surface area contributed by atoms with E-state index in [1.54, 1.807) is 0 Å². The summed E-state index contributed by atoms with van der Waals surface area (Å²) >= 11 is 0. The van der Waals surface area contributed by atoms with Crippen molar-refractivity contribution in [2.24, 2.45) is 0 Å². The molecule has 5 aromatic rings. The third-order valence-corrected chi connectivity index (χ3v) is 8.28. The molecule has 39 heavy (non-hydrogen) atoms. The summed E-state index contributed by atoms with van der Waals surface area (Å²) in [5.74, 6) is 1.98. The van der Waals surface area contributed by atoms with Crippen molar-refractivity contribution in [2.45, 2.75) is 76.3 Å². The number of aromatic nitrogens is 5. The zero-order chi connectivity index (χ0) is 23.9. The average Bonchev–Trinajstić information content (AvgIpc) is 3.53. The Bertz CT molecular complexity index is 1420. The summed E-state index contributed by atoms with van der Waals surface area (Å²) < 4.78 is 4.95. The van der Waals surface area contributed by atoms with Gasteiger partial charge < -0.3 is 33.9 Å². The molecule has 1 radical (unpaired) electrons. The van der Waals surface area contributed by atoms with Gasteiger partial charge in [-0.2, -0.15) is 0 Å². The van der Waals surface area contributed by atoms with Gasteiger partial charge in [-0.3, -0.25) is 0 Å². The van der Waals surface area contributed by atoms with E-state index < -0.39 is 0 Å². The van der Waals surface area contributed by atoms with E-state index >= 15 is 0 Å². The Labute approximate surface area is 254 Å². The number of pyridine rings is 1. The van der Waals surface area contributed by atoms with Crippen molar-refractivity contribution < 1.29 is 43.4 Å². The number of para-hydroxylation sites is 4. The first-order chi connectivity index (χ1) is 17.9. The van der Waals surface area contributed by atoms with Gasteiger partial charge in [0.1, 0.15) is 11.4 Å². The smallest absolute Gasteiger partial charge is 1.00 e. The molecule has 0 bridgehead atoms. The monoisotopic (exact) mass is 596 g/mol. The van der Waals surface area contributed by atoms with Crippen LogP contribution in [0.3, 0.4) is 0 Å². The molecule has 7 rings (SSSR count). The van der Waals surface area contributed by atoms with E-state index in [0.717, 1.165) is 34.1 Å². The number of benzene rings is 2. The third kappa shape index (κ3) is 5.52. The summed E-state index contributed by atoms with van der Waals surface area (Å²) in [4.78, 5) is 15.5. The molecule has 2 saturated carbocycles. The quantitative estimate of drug-likeness (QED) is 0.319. The Morgan fingerprint density at radius 1 is 0.487 bits per heavy atom. The number of hydrogen-bond acceptors (Lipinski definition) is 3. The molecular formula is C31H33Cl2N5V. The largest absolute Gasteiger partial charge is 2.00 e. The summed E-state index contributed by atoms with van der Waals surface area (Å²) in [7, 11) is 0. The summed E-state index contributed by atoms with van der Waals surface area (Å²) in [6.45, 7) is 0.